The Hall–Kier alpha value is -4.38. The summed E-state index contributed by atoms with van der Waals surface area (Å²) in [5, 5.41) is 0. The van der Waals surface area contributed by atoms with Crippen molar-refractivity contribution in [3.8, 4) is 5.75 Å². The summed E-state index contributed by atoms with van der Waals surface area (Å²) >= 11 is 0. The van der Waals surface area contributed by atoms with Crippen LogP contribution in [-0.4, -0.2) is 47.0 Å². The highest BCUT2D eigenvalue weighted by molar-refractivity contribution is 7.92. The molecule has 0 amide bonds. The largest absolute Gasteiger partial charge is 0.494 e. The van der Waals surface area contributed by atoms with E-state index < -0.39 is 27.7 Å². The molecule has 3 rings (SSSR count). The molecule has 200 valence electrons. The van der Waals surface area contributed by atoms with Crippen LogP contribution >= 0.6 is 0 Å². The fourth-order valence-electron chi connectivity index (χ4n) is 3.46. The second-order valence-corrected chi connectivity index (χ2v) is 9.84. The van der Waals surface area contributed by atoms with Crippen molar-refractivity contribution in [1.29, 1.82) is 0 Å². The van der Waals surface area contributed by atoms with Gasteiger partial charge in [-0.25, -0.2) is 18.0 Å². The number of ketones is 1. The molecule has 0 saturated heterocycles. The van der Waals surface area contributed by atoms with E-state index in [0.29, 0.717) is 12.4 Å². The summed E-state index contributed by atoms with van der Waals surface area (Å²) in [4.78, 5) is 37.5. The van der Waals surface area contributed by atoms with Gasteiger partial charge in [-0.1, -0.05) is 13.3 Å². The molecular formula is C27H28N2O8S. The molecule has 0 saturated carbocycles. The van der Waals surface area contributed by atoms with E-state index in [2.05, 4.69) is 9.46 Å². The first-order valence-electron chi connectivity index (χ1n) is 11.6. The molecule has 10 nitrogen and oxygen atoms in total. The number of sulfonamides is 1. The lowest BCUT2D eigenvalue weighted by Gasteiger charge is -2.14. The smallest absolute Gasteiger partial charge is 0.340 e. The minimum absolute atomic E-state index is 0.0118. The number of carbonyl (C=O) groups is 3. The molecule has 0 heterocycles. The summed E-state index contributed by atoms with van der Waals surface area (Å²) in [5.41, 5.74) is 5.87. The fraction of sp³-hybridized carbons (Fsp3) is 0.222. The van der Waals surface area contributed by atoms with Crippen molar-refractivity contribution in [2.75, 3.05) is 31.3 Å². The van der Waals surface area contributed by atoms with Gasteiger partial charge in [-0.3, -0.25) is 9.52 Å². The number of methoxy groups -OCH3 is 2. The van der Waals surface area contributed by atoms with Crippen LogP contribution in [-0.2, 0) is 19.5 Å². The molecule has 0 spiro atoms. The molecule has 3 N–H and O–H groups in total. The van der Waals surface area contributed by atoms with Crippen molar-refractivity contribution in [3.05, 3.63) is 82.9 Å². The summed E-state index contributed by atoms with van der Waals surface area (Å²) in [6, 6.07) is 13.8. The molecule has 0 aliphatic heterocycles. The second-order valence-electron chi connectivity index (χ2n) is 8.15. The van der Waals surface area contributed by atoms with Crippen molar-refractivity contribution in [3.63, 3.8) is 0 Å². The second kappa shape index (κ2) is 12.2. The van der Waals surface area contributed by atoms with E-state index in [1.165, 1.54) is 55.6 Å². The monoisotopic (exact) mass is 540 g/mol. The average Bonchev–Trinajstić information content (AvgIpc) is 2.92. The maximum atomic E-state index is 13.1. The molecule has 11 heteroatoms. The number of benzene rings is 3. The van der Waals surface area contributed by atoms with Gasteiger partial charge in [0.05, 0.1) is 42.5 Å². The van der Waals surface area contributed by atoms with Crippen molar-refractivity contribution in [1.82, 2.24) is 0 Å². The number of nitrogen functional groups attached to an aromatic ring is 1. The minimum Gasteiger partial charge on any atom is -0.494 e. The highest BCUT2D eigenvalue weighted by Gasteiger charge is 2.22. The van der Waals surface area contributed by atoms with E-state index in [9.17, 15) is 22.8 Å². The number of esters is 2. The normalized spacial score (nSPS) is 10.9. The van der Waals surface area contributed by atoms with Crippen LogP contribution < -0.4 is 15.2 Å². The lowest BCUT2D eigenvalue weighted by molar-refractivity contribution is 0.0593. The predicted octanol–water partition coefficient (Wildman–Crippen LogP) is 4.05. The molecule has 3 aromatic rings. The molecule has 0 atom stereocenters. The van der Waals surface area contributed by atoms with Crippen LogP contribution in [0.25, 0.3) is 0 Å². The molecule has 0 radical (unpaired) electrons. The zero-order valence-corrected chi connectivity index (χ0v) is 22.0. The topological polar surface area (TPSA) is 151 Å². The maximum absolute atomic E-state index is 13.1. The van der Waals surface area contributed by atoms with E-state index in [4.69, 9.17) is 15.2 Å². The van der Waals surface area contributed by atoms with Gasteiger partial charge < -0.3 is 19.9 Å². The first kappa shape index (κ1) is 28.2. The Balaban J connectivity index is 1.91. The predicted molar refractivity (Wildman–Crippen MR) is 141 cm³/mol. The van der Waals surface area contributed by atoms with E-state index >= 15 is 0 Å². The highest BCUT2D eigenvalue weighted by Crippen LogP contribution is 2.26. The van der Waals surface area contributed by atoms with E-state index in [-0.39, 0.29) is 38.5 Å². The van der Waals surface area contributed by atoms with Crippen molar-refractivity contribution in [2.45, 2.75) is 24.7 Å². The number of hydrogen-bond acceptors (Lipinski definition) is 9. The van der Waals surface area contributed by atoms with Crippen LogP contribution in [0.3, 0.4) is 0 Å². The quantitative estimate of drug-likeness (QED) is 0.159. The van der Waals surface area contributed by atoms with Gasteiger partial charge in [-0.15, -0.1) is 0 Å². The number of anilines is 2. The van der Waals surface area contributed by atoms with E-state index in [1.54, 1.807) is 12.1 Å². The standard InChI is InChI=1S/C27H28N2O8S/c1-4-5-14-37-19-8-10-20(11-9-19)38(33,34)29-24-13-7-18(16-22(24)27(32)36-3)25(30)17-6-12-23(28)21(15-17)26(31)35-2/h6-13,15-16,29H,4-5,14,28H2,1-3H3. The number of rotatable bonds is 11. The summed E-state index contributed by atoms with van der Waals surface area (Å²) in [6.07, 6.45) is 1.85. The number of nitrogens with one attached hydrogen (secondary N) is 1. The third-order valence-corrected chi connectivity index (χ3v) is 6.93. The van der Waals surface area contributed by atoms with Gasteiger partial charge in [0, 0.05) is 16.8 Å². The van der Waals surface area contributed by atoms with E-state index in [1.807, 2.05) is 6.92 Å². The fourth-order valence-corrected chi connectivity index (χ4v) is 4.54. The zero-order valence-electron chi connectivity index (χ0n) is 21.1. The Morgan fingerprint density at radius 1 is 0.842 bits per heavy atom. The lowest BCUT2D eigenvalue weighted by Crippen LogP contribution is -2.17. The average molecular weight is 541 g/mol. The summed E-state index contributed by atoms with van der Waals surface area (Å²) in [6.45, 7) is 2.56. The number of hydrogen-bond donors (Lipinski definition) is 2. The van der Waals surface area contributed by atoms with Crippen LogP contribution in [0.2, 0.25) is 0 Å². The van der Waals surface area contributed by atoms with E-state index in [0.717, 1.165) is 20.0 Å². The van der Waals surface area contributed by atoms with Crippen molar-refractivity contribution in [2.24, 2.45) is 0 Å². The summed E-state index contributed by atoms with van der Waals surface area (Å²) < 4.78 is 43.4. The molecular weight excluding hydrogens is 512 g/mol. The first-order chi connectivity index (χ1) is 18.1. The lowest BCUT2D eigenvalue weighted by atomic mass is 9.98. The Morgan fingerprint density at radius 2 is 1.42 bits per heavy atom. The van der Waals surface area contributed by atoms with Crippen molar-refractivity contribution < 1.29 is 37.0 Å². The highest BCUT2D eigenvalue weighted by atomic mass is 32.2. The molecule has 0 aliphatic carbocycles. The number of nitrogens with two attached hydrogens (primary N) is 1. The Kier molecular flexibility index (Phi) is 9.08. The number of carbonyl (C=O) groups excluding carboxylic acids is 3. The minimum atomic E-state index is -4.09. The maximum Gasteiger partial charge on any atom is 0.340 e. The third-order valence-electron chi connectivity index (χ3n) is 5.55. The molecule has 0 aliphatic rings. The van der Waals surface area contributed by atoms with Gasteiger partial charge in [-0.05, 0) is 67.1 Å². The van der Waals surface area contributed by atoms with Crippen LogP contribution in [0, 0.1) is 0 Å². The van der Waals surface area contributed by atoms with Crippen LogP contribution in [0.15, 0.2) is 65.6 Å². The van der Waals surface area contributed by atoms with Gasteiger partial charge in [0.1, 0.15) is 5.75 Å². The van der Waals surface area contributed by atoms with Crippen LogP contribution in [0.5, 0.6) is 5.75 Å². The SMILES string of the molecule is CCCCOc1ccc(S(=O)(=O)Nc2ccc(C(=O)c3ccc(N)c(C(=O)OC)c3)cc2C(=O)OC)cc1. The first-order valence-corrected chi connectivity index (χ1v) is 13.1. The summed E-state index contributed by atoms with van der Waals surface area (Å²) in [5.74, 6) is -1.57. The molecule has 0 unspecified atom stereocenters. The Labute approximate surface area is 220 Å². The number of unbranched alkanes of at least 4 members (excludes halogenated alkanes) is 1. The Bertz CT molecular complexity index is 1450. The summed E-state index contributed by atoms with van der Waals surface area (Å²) in [7, 11) is -1.77. The van der Waals surface area contributed by atoms with Gasteiger partial charge in [-0.2, -0.15) is 0 Å². The van der Waals surface area contributed by atoms with Crippen molar-refractivity contribution >= 4 is 39.1 Å². The van der Waals surface area contributed by atoms with Crippen LogP contribution in [0.4, 0.5) is 11.4 Å². The Morgan fingerprint density at radius 3 is 2.03 bits per heavy atom. The zero-order chi connectivity index (χ0) is 27.9. The molecule has 3 aromatic carbocycles. The van der Waals surface area contributed by atoms with Gasteiger partial charge in [0.25, 0.3) is 10.0 Å². The van der Waals surface area contributed by atoms with Gasteiger partial charge >= 0.3 is 11.9 Å². The van der Waals surface area contributed by atoms with Gasteiger partial charge in [0.2, 0.25) is 0 Å². The molecule has 0 fully saturated rings. The molecule has 0 bridgehead atoms. The molecule has 0 aromatic heterocycles. The molecule has 38 heavy (non-hydrogen) atoms. The third kappa shape index (κ3) is 6.48. The van der Waals surface area contributed by atoms with Crippen LogP contribution in [0.1, 0.15) is 56.4 Å². The van der Waals surface area contributed by atoms with Gasteiger partial charge in [0.15, 0.2) is 5.78 Å². The number of ether oxygens (including phenoxy) is 3.